The molecule has 0 radical (unpaired) electrons. The summed E-state index contributed by atoms with van der Waals surface area (Å²) in [5.41, 5.74) is 1.89. The Bertz CT molecular complexity index is 786. The molecule has 1 saturated heterocycles. The lowest BCUT2D eigenvalue weighted by Crippen LogP contribution is -2.52. The van der Waals surface area contributed by atoms with Crippen LogP contribution in [0.1, 0.15) is 20.3 Å². The molecule has 0 unspecified atom stereocenters. The van der Waals surface area contributed by atoms with Gasteiger partial charge >= 0.3 is 0 Å². The molecule has 0 N–H and O–H groups in total. The Hall–Kier alpha value is -2.96. The Labute approximate surface area is 166 Å². The van der Waals surface area contributed by atoms with Crippen LogP contribution in [-0.2, 0) is 9.59 Å². The van der Waals surface area contributed by atoms with Gasteiger partial charge in [-0.15, -0.1) is 10.2 Å². The van der Waals surface area contributed by atoms with Gasteiger partial charge in [0, 0.05) is 45.2 Å². The van der Waals surface area contributed by atoms with Crippen molar-refractivity contribution in [1.82, 2.24) is 20.0 Å². The lowest BCUT2D eigenvalue weighted by Gasteiger charge is -2.36. The lowest BCUT2D eigenvalue weighted by molar-refractivity contribution is -0.139. The summed E-state index contributed by atoms with van der Waals surface area (Å²) in [4.78, 5) is 29.7. The molecule has 0 aliphatic carbocycles. The van der Waals surface area contributed by atoms with Gasteiger partial charge in [0.2, 0.25) is 11.8 Å². The molecule has 1 fully saturated rings. The van der Waals surface area contributed by atoms with Crippen molar-refractivity contribution in [2.45, 2.75) is 20.3 Å². The Morgan fingerprint density at radius 1 is 1.00 bits per heavy atom. The number of rotatable bonds is 6. The third kappa shape index (κ3) is 4.85. The second-order valence-corrected chi connectivity index (χ2v) is 6.95. The minimum Gasteiger partial charge on any atom is -0.352 e. The van der Waals surface area contributed by atoms with E-state index in [9.17, 15) is 9.59 Å². The average Bonchev–Trinajstić information content (AvgIpc) is 2.74. The number of aromatic nitrogens is 2. The summed E-state index contributed by atoms with van der Waals surface area (Å²) < 4.78 is 0. The standard InChI is InChI=1S/C21H27N5O2/c1-3-11-26(17(2)27)16-21(28)25-14-12-24(13-15-25)20-10-9-19(22-23-20)18-7-5-4-6-8-18/h4-10H,3,11-16H2,1-2H3. The molecule has 3 rings (SSSR count). The van der Waals surface area contributed by atoms with Crippen molar-refractivity contribution in [3.05, 3.63) is 42.5 Å². The molecule has 0 saturated carbocycles. The Morgan fingerprint density at radius 2 is 1.71 bits per heavy atom. The number of benzene rings is 1. The van der Waals surface area contributed by atoms with Crippen LogP contribution >= 0.6 is 0 Å². The summed E-state index contributed by atoms with van der Waals surface area (Å²) in [5.74, 6) is 0.777. The second-order valence-electron chi connectivity index (χ2n) is 6.95. The normalized spacial score (nSPS) is 14.1. The lowest BCUT2D eigenvalue weighted by atomic mass is 10.1. The molecule has 2 amide bonds. The van der Waals surface area contributed by atoms with Crippen LogP contribution in [0.3, 0.4) is 0 Å². The Morgan fingerprint density at radius 3 is 2.29 bits per heavy atom. The van der Waals surface area contributed by atoms with E-state index in [0.717, 1.165) is 23.5 Å². The molecule has 2 heterocycles. The topological polar surface area (TPSA) is 69.6 Å². The van der Waals surface area contributed by atoms with Gasteiger partial charge in [-0.05, 0) is 18.6 Å². The molecule has 148 valence electrons. The van der Waals surface area contributed by atoms with Crippen molar-refractivity contribution >= 4 is 17.6 Å². The van der Waals surface area contributed by atoms with Gasteiger partial charge < -0.3 is 14.7 Å². The monoisotopic (exact) mass is 381 g/mol. The highest BCUT2D eigenvalue weighted by Gasteiger charge is 2.24. The minimum absolute atomic E-state index is 0.00816. The maximum absolute atomic E-state index is 12.5. The summed E-state index contributed by atoms with van der Waals surface area (Å²) in [6, 6.07) is 13.9. The maximum atomic E-state index is 12.5. The number of hydrogen-bond acceptors (Lipinski definition) is 5. The molecule has 1 aliphatic rings. The van der Waals surface area contributed by atoms with Crippen molar-refractivity contribution in [3.63, 3.8) is 0 Å². The van der Waals surface area contributed by atoms with Crippen molar-refractivity contribution in [2.75, 3.05) is 44.2 Å². The molecular formula is C21H27N5O2. The highest BCUT2D eigenvalue weighted by Crippen LogP contribution is 2.19. The molecule has 2 aromatic rings. The number of hydrogen-bond donors (Lipinski definition) is 0. The van der Waals surface area contributed by atoms with Crippen molar-refractivity contribution in [3.8, 4) is 11.3 Å². The fourth-order valence-electron chi connectivity index (χ4n) is 3.32. The van der Waals surface area contributed by atoms with E-state index in [1.807, 2.05) is 54.3 Å². The van der Waals surface area contributed by atoms with Crippen molar-refractivity contribution in [1.29, 1.82) is 0 Å². The van der Waals surface area contributed by atoms with Gasteiger partial charge in [0.15, 0.2) is 5.82 Å². The quantitative estimate of drug-likeness (QED) is 0.766. The van der Waals surface area contributed by atoms with Gasteiger partial charge in [-0.3, -0.25) is 9.59 Å². The first-order valence-corrected chi connectivity index (χ1v) is 9.76. The summed E-state index contributed by atoms with van der Waals surface area (Å²) in [5, 5.41) is 8.71. The zero-order chi connectivity index (χ0) is 19.9. The third-order valence-electron chi connectivity index (χ3n) is 4.94. The van der Waals surface area contributed by atoms with Crippen LogP contribution in [-0.4, -0.2) is 71.1 Å². The second kappa shape index (κ2) is 9.30. The van der Waals surface area contributed by atoms with E-state index < -0.39 is 0 Å². The van der Waals surface area contributed by atoms with E-state index in [1.54, 1.807) is 4.90 Å². The van der Waals surface area contributed by atoms with Crippen LogP contribution in [0, 0.1) is 0 Å². The summed E-state index contributed by atoms with van der Waals surface area (Å²) in [6.45, 7) is 6.95. The molecule has 7 nitrogen and oxygen atoms in total. The number of carbonyl (C=O) groups excluding carboxylic acids is 2. The van der Waals surface area contributed by atoms with Crippen LogP contribution in [0.5, 0.6) is 0 Å². The van der Waals surface area contributed by atoms with Gasteiger partial charge in [-0.1, -0.05) is 37.3 Å². The van der Waals surface area contributed by atoms with Gasteiger partial charge in [-0.25, -0.2) is 0 Å². The number of carbonyl (C=O) groups is 2. The molecular weight excluding hydrogens is 354 g/mol. The largest absolute Gasteiger partial charge is 0.352 e. The van der Waals surface area contributed by atoms with E-state index in [4.69, 9.17) is 0 Å². The fourth-order valence-corrected chi connectivity index (χ4v) is 3.32. The maximum Gasteiger partial charge on any atom is 0.242 e. The summed E-state index contributed by atoms with van der Waals surface area (Å²) >= 11 is 0. The summed E-state index contributed by atoms with van der Waals surface area (Å²) in [7, 11) is 0. The van der Waals surface area contributed by atoms with Crippen LogP contribution in [0.25, 0.3) is 11.3 Å². The van der Waals surface area contributed by atoms with Crippen LogP contribution in [0.15, 0.2) is 42.5 Å². The van der Waals surface area contributed by atoms with Gasteiger partial charge in [-0.2, -0.15) is 0 Å². The van der Waals surface area contributed by atoms with E-state index in [-0.39, 0.29) is 18.4 Å². The van der Waals surface area contributed by atoms with Crippen LogP contribution in [0.2, 0.25) is 0 Å². The number of anilines is 1. The first kappa shape index (κ1) is 19.8. The van der Waals surface area contributed by atoms with Crippen LogP contribution in [0.4, 0.5) is 5.82 Å². The number of piperazine rings is 1. The first-order valence-electron chi connectivity index (χ1n) is 9.76. The van der Waals surface area contributed by atoms with Crippen molar-refractivity contribution in [2.24, 2.45) is 0 Å². The predicted molar refractivity (Wildman–Crippen MR) is 109 cm³/mol. The van der Waals surface area contributed by atoms with Gasteiger partial charge in [0.25, 0.3) is 0 Å². The third-order valence-corrected chi connectivity index (χ3v) is 4.94. The summed E-state index contributed by atoms with van der Waals surface area (Å²) in [6.07, 6.45) is 0.846. The Balaban J connectivity index is 1.55. The number of nitrogens with zero attached hydrogens (tertiary/aromatic N) is 5. The highest BCUT2D eigenvalue weighted by atomic mass is 16.2. The molecule has 1 aromatic heterocycles. The van der Waals surface area contributed by atoms with E-state index in [0.29, 0.717) is 32.7 Å². The van der Waals surface area contributed by atoms with E-state index >= 15 is 0 Å². The molecule has 1 aromatic carbocycles. The number of amides is 2. The van der Waals surface area contributed by atoms with E-state index in [2.05, 4.69) is 15.1 Å². The molecule has 0 spiro atoms. The molecule has 0 atom stereocenters. The van der Waals surface area contributed by atoms with Gasteiger partial charge in [0.1, 0.15) is 0 Å². The average molecular weight is 381 g/mol. The SMILES string of the molecule is CCCN(CC(=O)N1CCN(c2ccc(-c3ccccc3)nn2)CC1)C(C)=O. The highest BCUT2D eigenvalue weighted by molar-refractivity contribution is 5.84. The first-order chi connectivity index (χ1) is 13.6. The van der Waals surface area contributed by atoms with E-state index in [1.165, 1.54) is 6.92 Å². The zero-order valence-electron chi connectivity index (χ0n) is 16.5. The molecule has 1 aliphatic heterocycles. The smallest absolute Gasteiger partial charge is 0.242 e. The zero-order valence-corrected chi connectivity index (χ0v) is 16.5. The van der Waals surface area contributed by atoms with Gasteiger partial charge in [0.05, 0.1) is 12.2 Å². The molecule has 28 heavy (non-hydrogen) atoms. The molecule has 7 heteroatoms. The predicted octanol–water partition coefficient (Wildman–Crippen LogP) is 2.05. The molecule has 0 bridgehead atoms. The van der Waals surface area contributed by atoms with Crippen molar-refractivity contribution < 1.29 is 9.59 Å². The minimum atomic E-state index is -0.0531. The fraction of sp³-hybridized carbons (Fsp3) is 0.429. The van der Waals surface area contributed by atoms with Crippen LogP contribution < -0.4 is 4.90 Å². The Kier molecular flexibility index (Phi) is 6.57.